The molecular weight excluding hydrogens is 452 g/mol. The molecule has 4 atom stereocenters. The van der Waals surface area contributed by atoms with Crippen LogP contribution in [0.1, 0.15) is 31.4 Å². The predicted octanol–water partition coefficient (Wildman–Crippen LogP) is -3.92. The molecule has 15 nitrogen and oxygen atoms in total. The minimum Gasteiger partial charge on any atom is -0.480 e. The van der Waals surface area contributed by atoms with Gasteiger partial charge in [0.25, 0.3) is 0 Å². The van der Waals surface area contributed by atoms with E-state index in [2.05, 4.69) is 20.6 Å². The van der Waals surface area contributed by atoms with Gasteiger partial charge in [-0.25, -0.2) is 9.78 Å². The Labute approximate surface area is 193 Å². The number of imidazole rings is 1. The molecule has 2 heterocycles. The van der Waals surface area contributed by atoms with Crippen LogP contribution in [0.5, 0.6) is 0 Å². The van der Waals surface area contributed by atoms with E-state index >= 15 is 0 Å². The van der Waals surface area contributed by atoms with E-state index in [4.69, 9.17) is 22.3 Å². The Morgan fingerprint density at radius 2 is 1.76 bits per heavy atom. The highest BCUT2D eigenvalue weighted by Gasteiger charge is 2.38. The van der Waals surface area contributed by atoms with Crippen LogP contribution in [0.25, 0.3) is 0 Å². The third-order valence-corrected chi connectivity index (χ3v) is 5.21. The van der Waals surface area contributed by atoms with Gasteiger partial charge in [-0.05, 0) is 12.8 Å². The highest BCUT2D eigenvalue weighted by atomic mass is 16.4. The second-order valence-electron chi connectivity index (χ2n) is 7.88. The van der Waals surface area contributed by atoms with Crippen LogP contribution in [0.15, 0.2) is 12.5 Å². The zero-order valence-corrected chi connectivity index (χ0v) is 18.2. The van der Waals surface area contributed by atoms with E-state index in [1.165, 1.54) is 17.4 Å². The van der Waals surface area contributed by atoms with Crippen LogP contribution in [0, 0.1) is 0 Å². The summed E-state index contributed by atoms with van der Waals surface area (Å²) in [4.78, 5) is 80.1. The number of H-pyrrole nitrogens is 1. The molecule has 0 radical (unpaired) electrons. The van der Waals surface area contributed by atoms with Crippen molar-refractivity contribution in [3.63, 3.8) is 0 Å². The van der Waals surface area contributed by atoms with E-state index < -0.39 is 72.5 Å². The molecule has 10 N–H and O–H groups in total. The van der Waals surface area contributed by atoms with Crippen LogP contribution in [0.3, 0.4) is 0 Å². The Morgan fingerprint density at radius 3 is 2.32 bits per heavy atom. The number of aromatic nitrogens is 2. The second-order valence-corrected chi connectivity index (χ2v) is 7.88. The van der Waals surface area contributed by atoms with E-state index in [-0.39, 0.29) is 13.0 Å². The SMILES string of the molecule is NC(=O)CC(NC(=O)C(CC(N)=O)NC(=O)C1CCCN1C(=O)C(N)Cc1cnc[nH]1)C(=O)O. The van der Waals surface area contributed by atoms with Gasteiger partial charge in [-0.1, -0.05) is 0 Å². The van der Waals surface area contributed by atoms with Crippen molar-refractivity contribution in [2.45, 2.75) is 56.3 Å². The first-order valence-corrected chi connectivity index (χ1v) is 10.4. The number of hydrogen-bond donors (Lipinski definition) is 7. The lowest BCUT2D eigenvalue weighted by Crippen LogP contribution is -2.57. The van der Waals surface area contributed by atoms with Gasteiger partial charge in [-0.15, -0.1) is 0 Å². The van der Waals surface area contributed by atoms with Crippen LogP contribution in [-0.4, -0.2) is 86.2 Å². The van der Waals surface area contributed by atoms with Crippen molar-refractivity contribution in [3.05, 3.63) is 18.2 Å². The summed E-state index contributed by atoms with van der Waals surface area (Å²) in [6.45, 7) is 0.264. The standard InChI is InChI=1S/C19H28N8O7/c20-10(4-9-7-23-8-24-9)18(32)27-3-1-2-13(27)17(31)25-11(5-14(21)28)16(30)26-12(19(33)34)6-15(22)29/h7-8,10-13H,1-6,20H2,(H2,21,28)(H2,22,29)(H,23,24)(H,25,31)(H,26,30)(H,33,34). The second kappa shape index (κ2) is 11.7. The smallest absolute Gasteiger partial charge is 0.326 e. The molecule has 2 rings (SSSR count). The number of carbonyl (C=O) groups excluding carboxylic acids is 5. The quantitative estimate of drug-likeness (QED) is 0.154. The van der Waals surface area contributed by atoms with Gasteiger partial charge in [0.2, 0.25) is 29.5 Å². The van der Waals surface area contributed by atoms with Gasteiger partial charge in [0.15, 0.2) is 0 Å². The van der Waals surface area contributed by atoms with E-state index in [1.54, 1.807) is 0 Å². The Morgan fingerprint density at radius 1 is 1.12 bits per heavy atom. The summed E-state index contributed by atoms with van der Waals surface area (Å²) in [6.07, 6.45) is 2.61. The van der Waals surface area contributed by atoms with Crippen molar-refractivity contribution in [2.75, 3.05) is 6.54 Å². The number of nitrogens with one attached hydrogen (secondary N) is 3. The monoisotopic (exact) mass is 480 g/mol. The molecule has 1 aromatic rings. The van der Waals surface area contributed by atoms with E-state index in [9.17, 15) is 28.8 Å². The Kier molecular flexibility index (Phi) is 9.06. The maximum absolute atomic E-state index is 12.9. The van der Waals surface area contributed by atoms with E-state index in [0.717, 1.165) is 0 Å². The van der Waals surface area contributed by atoms with Gasteiger partial charge in [-0.2, -0.15) is 0 Å². The maximum Gasteiger partial charge on any atom is 0.326 e. The van der Waals surface area contributed by atoms with Gasteiger partial charge >= 0.3 is 5.97 Å². The average Bonchev–Trinajstić information content (AvgIpc) is 3.43. The lowest BCUT2D eigenvalue weighted by atomic mass is 10.1. The van der Waals surface area contributed by atoms with Crippen molar-refractivity contribution >= 4 is 35.5 Å². The zero-order chi connectivity index (χ0) is 25.4. The number of hydrogen-bond acceptors (Lipinski definition) is 8. The number of likely N-dealkylation sites (tertiary alicyclic amines) is 1. The van der Waals surface area contributed by atoms with Gasteiger partial charge in [0, 0.05) is 24.9 Å². The molecule has 5 amide bonds. The van der Waals surface area contributed by atoms with Crippen LogP contribution in [0.4, 0.5) is 0 Å². The molecule has 0 spiro atoms. The molecule has 0 bridgehead atoms. The normalized spacial score (nSPS) is 17.9. The number of nitrogens with two attached hydrogens (primary N) is 3. The fourth-order valence-corrected chi connectivity index (χ4v) is 3.59. The maximum atomic E-state index is 12.9. The molecule has 186 valence electrons. The van der Waals surface area contributed by atoms with Gasteiger partial charge in [0.05, 0.1) is 25.2 Å². The van der Waals surface area contributed by atoms with Crippen LogP contribution in [0.2, 0.25) is 0 Å². The number of amides is 5. The first kappa shape index (κ1) is 26.2. The lowest BCUT2D eigenvalue weighted by Gasteiger charge is -2.28. The molecule has 1 fully saturated rings. The molecule has 15 heteroatoms. The molecular formula is C19H28N8O7. The van der Waals surface area contributed by atoms with Gasteiger partial charge in [-0.3, -0.25) is 24.0 Å². The third-order valence-electron chi connectivity index (χ3n) is 5.21. The highest BCUT2D eigenvalue weighted by Crippen LogP contribution is 2.19. The highest BCUT2D eigenvalue weighted by molar-refractivity contribution is 5.97. The van der Waals surface area contributed by atoms with Gasteiger partial charge in [0.1, 0.15) is 18.1 Å². The molecule has 34 heavy (non-hydrogen) atoms. The predicted molar refractivity (Wildman–Crippen MR) is 114 cm³/mol. The summed E-state index contributed by atoms with van der Waals surface area (Å²) in [6, 6.07) is -5.09. The summed E-state index contributed by atoms with van der Waals surface area (Å²) in [5, 5.41) is 13.6. The minimum absolute atomic E-state index is 0.173. The van der Waals surface area contributed by atoms with Crippen molar-refractivity contribution in [1.29, 1.82) is 0 Å². The minimum atomic E-state index is -1.66. The summed E-state index contributed by atoms with van der Waals surface area (Å²) >= 11 is 0. The summed E-state index contributed by atoms with van der Waals surface area (Å²) in [5.41, 5.74) is 16.8. The summed E-state index contributed by atoms with van der Waals surface area (Å²) in [5.74, 6) is -5.71. The summed E-state index contributed by atoms with van der Waals surface area (Å²) in [7, 11) is 0. The fourth-order valence-electron chi connectivity index (χ4n) is 3.59. The number of nitrogens with zero attached hydrogens (tertiary/aromatic N) is 2. The average molecular weight is 480 g/mol. The Hall–Kier alpha value is -4.01. The fraction of sp³-hybridized carbons (Fsp3) is 0.526. The largest absolute Gasteiger partial charge is 0.480 e. The Balaban J connectivity index is 2.08. The van der Waals surface area contributed by atoms with E-state index in [1.807, 2.05) is 0 Å². The van der Waals surface area contributed by atoms with Crippen LogP contribution < -0.4 is 27.8 Å². The number of aromatic amines is 1. The molecule has 0 aromatic carbocycles. The van der Waals surface area contributed by atoms with Crippen molar-refractivity contribution < 1.29 is 33.9 Å². The number of primary amides is 2. The summed E-state index contributed by atoms with van der Waals surface area (Å²) < 4.78 is 0. The number of carbonyl (C=O) groups is 6. The third kappa shape index (κ3) is 7.26. The van der Waals surface area contributed by atoms with Crippen molar-refractivity contribution in [1.82, 2.24) is 25.5 Å². The van der Waals surface area contributed by atoms with Gasteiger partial charge < -0.3 is 42.8 Å². The van der Waals surface area contributed by atoms with Crippen molar-refractivity contribution in [3.8, 4) is 0 Å². The molecule has 1 saturated heterocycles. The zero-order valence-electron chi connectivity index (χ0n) is 18.2. The topological polar surface area (TPSA) is 257 Å². The number of aliphatic carboxylic acids is 1. The molecule has 1 aliphatic heterocycles. The molecule has 1 aliphatic rings. The number of carboxylic acids is 1. The first-order chi connectivity index (χ1) is 16.0. The molecule has 4 unspecified atom stereocenters. The molecule has 0 aliphatic carbocycles. The van der Waals surface area contributed by atoms with Crippen LogP contribution in [-0.2, 0) is 35.2 Å². The van der Waals surface area contributed by atoms with E-state index in [0.29, 0.717) is 18.5 Å². The first-order valence-electron chi connectivity index (χ1n) is 10.4. The number of rotatable bonds is 12. The van der Waals surface area contributed by atoms with Crippen molar-refractivity contribution in [2.24, 2.45) is 17.2 Å². The Bertz CT molecular complexity index is 935. The molecule has 1 aromatic heterocycles. The molecule has 0 saturated carbocycles. The number of carboxylic acid groups (broad SMARTS) is 1. The lowest BCUT2D eigenvalue weighted by molar-refractivity contribution is -0.144. The van der Waals surface area contributed by atoms with Crippen LogP contribution >= 0.6 is 0 Å².